The van der Waals surface area contributed by atoms with Gasteiger partial charge in [-0.15, -0.1) is 0 Å². The Hall–Kier alpha value is -1.77. The molecule has 0 radical (unpaired) electrons. The molecule has 0 fully saturated rings. The predicted octanol–water partition coefficient (Wildman–Crippen LogP) is 9.21. The molecule has 35 heavy (non-hydrogen) atoms. The van der Waals surface area contributed by atoms with Crippen LogP contribution in [0.25, 0.3) is 0 Å². The summed E-state index contributed by atoms with van der Waals surface area (Å²) in [4.78, 5) is 37.1. The Kier molecular flexibility index (Phi) is 19.6. The van der Waals surface area contributed by atoms with Gasteiger partial charge in [-0.3, -0.25) is 14.4 Å². The third-order valence-corrected chi connectivity index (χ3v) is 6.56. The number of rotatable bonds is 9. The highest BCUT2D eigenvalue weighted by molar-refractivity contribution is 6.01. The van der Waals surface area contributed by atoms with Crippen LogP contribution in [0.5, 0.6) is 0 Å². The van der Waals surface area contributed by atoms with Crippen molar-refractivity contribution < 1.29 is 14.4 Å². The maximum absolute atomic E-state index is 13.0. The summed E-state index contributed by atoms with van der Waals surface area (Å²) < 4.78 is 0. The molecule has 0 heterocycles. The Balaban J connectivity index is 0. The van der Waals surface area contributed by atoms with Gasteiger partial charge in [0, 0.05) is 17.9 Å². The molecule has 0 aliphatic heterocycles. The largest absolute Gasteiger partial charge is 0.300 e. The van der Waals surface area contributed by atoms with E-state index in [1.165, 1.54) is 30.0 Å². The number of ketones is 3. The van der Waals surface area contributed by atoms with E-state index >= 15 is 0 Å². The van der Waals surface area contributed by atoms with E-state index in [0.717, 1.165) is 43.2 Å². The SMILES string of the molecule is CC.CC.CCC.CCCC(CC1CC(=O)c2c(C)c(C)cc(C)c2C1)C(CC)C(=O)CC(C)=O. The second-order valence-electron chi connectivity index (χ2n) is 9.54. The lowest BCUT2D eigenvalue weighted by Gasteiger charge is -2.32. The van der Waals surface area contributed by atoms with Crippen LogP contribution in [0.1, 0.15) is 140 Å². The Morgan fingerprint density at radius 1 is 0.943 bits per heavy atom. The Labute approximate surface area is 217 Å². The number of aryl methyl sites for hydroxylation is 2. The molecule has 202 valence electrons. The van der Waals surface area contributed by atoms with Crippen LogP contribution in [0, 0.1) is 38.5 Å². The van der Waals surface area contributed by atoms with E-state index in [1.807, 2.05) is 34.6 Å². The summed E-state index contributed by atoms with van der Waals surface area (Å²) in [6.07, 6.45) is 6.45. The van der Waals surface area contributed by atoms with Gasteiger partial charge < -0.3 is 0 Å². The zero-order valence-corrected chi connectivity index (χ0v) is 25.2. The molecule has 0 amide bonds. The third kappa shape index (κ3) is 11.2. The van der Waals surface area contributed by atoms with Crippen molar-refractivity contribution >= 4 is 17.3 Å². The quantitative estimate of drug-likeness (QED) is 0.325. The Morgan fingerprint density at radius 2 is 1.49 bits per heavy atom. The van der Waals surface area contributed by atoms with E-state index in [9.17, 15) is 14.4 Å². The van der Waals surface area contributed by atoms with Crippen LogP contribution in [-0.4, -0.2) is 17.3 Å². The fourth-order valence-corrected chi connectivity index (χ4v) is 5.16. The number of carbonyl (C=O) groups is 3. The lowest BCUT2D eigenvalue weighted by Crippen LogP contribution is -2.30. The van der Waals surface area contributed by atoms with Gasteiger partial charge in [-0.25, -0.2) is 0 Å². The first-order chi connectivity index (χ1) is 16.6. The van der Waals surface area contributed by atoms with Crippen molar-refractivity contribution in [1.82, 2.24) is 0 Å². The summed E-state index contributed by atoms with van der Waals surface area (Å²) in [6.45, 7) is 24.2. The van der Waals surface area contributed by atoms with Gasteiger partial charge in [0.2, 0.25) is 0 Å². The maximum atomic E-state index is 13.0. The normalized spacial score (nSPS) is 15.7. The lowest BCUT2D eigenvalue weighted by atomic mass is 9.71. The monoisotopic (exact) mass is 488 g/mol. The van der Waals surface area contributed by atoms with Crippen LogP contribution >= 0.6 is 0 Å². The molecule has 1 aliphatic carbocycles. The van der Waals surface area contributed by atoms with Crippen LogP contribution in [0.4, 0.5) is 0 Å². The van der Waals surface area contributed by atoms with Crippen molar-refractivity contribution in [2.45, 2.75) is 134 Å². The van der Waals surface area contributed by atoms with Gasteiger partial charge in [0.25, 0.3) is 0 Å². The van der Waals surface area contributed by atoms with Crippen LogP contribution in [-0.2, 0) is 16.0 Å². The number of benzene rings is 1. The summed E-state index contributed by atoms with van der Waals surface area (Å²) in [5.41, 5.74) is 5.68. The Bertz CT molecular complexity index is 776. The van der Waals surface area contributed by atoms with E-state index in [-0.39, 0.29) is 41.5 Å². The molecule has 0 bridgehead atoms. The summed E-state index contributed by atoms with van der Waals surface area (Å²) in [6, 6.07) is 2.19. The number of carbonyl (C=O) groups excluding carboxylic acids is 3. The van der Waals surface area contributed by atoms with Gasteiger partial charge >= 0.3 is 0 Å². The molecule has 0 aromatic heterocycles. The minimum atomic E-state index is -0.0683. The van der Waals surface area contributed by atoms with Gasteiger partial charge in [0.05, 0.1) is 6.42 Å². The molecule has 3 atom stereocenters. The maximum Gasteiger partial charge on any atom is 0.163 e. The highest BCUT2D eigenvalue weighted by Gasteiger charge is 2.33. The van der Waals surface area contributed by atoms with Crippen molar-refractivity contribution in [3.05, 3.63) is 33.9 Å². The molecule has 0 N–H and O–H groups in total. The highest BCUT2D eigenvalue weighted by atomic mass is 16.1. The molecule has 0 saturated heterocycles. The number of hydrogen-bond acceptors (Lipinski definition) is 3. The number of fused-ring (bicyclic) bond motifs is 1. The molecule has 1 aromatic carbocycles. The first-order valence-corrected chi connectivity index (χ1v) is 14.3. The zero-order valence-electron chi connectivity index (χ0n) is 25.2. The average molecular weight is 489 g/mol. The van der Waals surface area contributed by atoms with E-state index in [1.54, 1.807) is 0 Å². The van der Waals surface area contributed by atoms with Crippen LogP contribution in [0.2, 0.25) is 0 Å². The first-order valence-electron chi connectivity index (χ1n) is 14.3. The molecule has 3 unspecified atom stereocenters. The van der Waals surface area contributed by atoms with Crippen molar-refractivity contribution in [2.75, 3.05) is 0 Å². The van der Waals surface area contributed by atoms with Gasteiger partial charge in [-0.1, -0.05) is 80.7 Å². The van der Waals surface area contributed by atoms with Gasteiger partial charge in [0.15, 0.2) is 5.78 Å². The standard InChI is InChI=1S/C25H36O3.C3H8.2C2H6/c1-7-9-20(21(8-2)23(27)11-17(5)26)12-19-13-22-16(4)10-15(3)18(6)25(22)24(28)14-19;1-3-2;2*1-2/h10,19-21H,7-9,11-14H2,1-6H3;3H2,1-2H3;2*1-2H3. The van der Waals surface area contributed by atoms with Crippen LogP contribution < -0.4 is 0 Å². The fraction of sp³-hybridized carbons (Fsp3) is 0.719. The molecule has 2 rings (SSSR count). The molecule has 1 aliphatic rings. The second-order valence-corrected chi connectivity index (χ2v) is 9.54. The summed E-state index contributed by atoms with van der Waals surface area (Å²) >= 11 is 0. The van der Waals surface area contributed by atoms with Gasteiger partial charge in [0.1, 0.15) is 11.6 Å². The first kappa shape index (κ1) is 35.4. The lowest BCUT2D eigenvalue weighted by molar-refractivity contribution is -0.129. The van der Waals surface area contributed by atoms with E-state index in [0.29, 0.717) is 6.42 Å². The van der Waals surface area contributed by atoms with Crippen molar-refractivity contribution in [1.29, 1.82) is 0 Å². The molecule has 0 saturated carbocycles. The molecular weight excluding hydrogens is 432 g/mol. The average Bonchev–Trinajstić information content (AvgIpc) is 2.80. The molecular formula is C32H56O3. The Morgan fingerprint density at radius 3 is 1.94 bits per heavy atom. The minimum absolute atomic E-state index is 0.0444. The summed E-state index contributed by atoms with van der Waals surface area (Å²) in [5, 5.41) is 0. The second kappa shape index (κ2) is 19.4. The zero-order chi connectivity index (χ0) is 27.7. The molecule has 3 nitrogen and oxygen atoms in total. The van der Waals surface area contributed by atoms with E-state index < -0.39 is 0 Å². The third-order valence-electron chi connectivity index (χ3n) is 6.56. The van der Waals surface area contributed by atoms with Crippen molar-refractivity contribution in [3.8, 4) is 0 Å². The summed E-state index contributed by atoms with van der Waals surface area (Å²) in [5.74, 6) is 0.764. The topological polar surface area (TPSA) is 51.2 Å². The predicted molar refractivity (Wildman–Crippen MR) is 153 cm³/mol. The summed E-state index contributed by atoms with van der Waals surface area (Å²) in [7, 11) is 0. The number of Topliss-reactive ketones (excluding diaryl/α,β-unsaturated/α-hetero) is 3. The number of hydrogen-bond donors (Lipinski definition) is 0. The van der Waals surface area contributed by atoms with E-state index in [4.69, 9.17) is 0 Å². The van der Waals surface area contributed by atoms with Crippen LogP contribution in [0.15, 0.2) is 6.07 Å². The molecule has 0 spiro atoms. The van der Waals surface area contributed by atoms with E-state index in [2.05, 4.69) is 47.6 Å². The molecule has 1 aromatic rings. The van der Waals surface area contributed by atoms with Gasteiger partial charge in [-0.2, -0.15) is 0 Å². The van der Waals surface area contributed by atoms with Crippen LogP contribution in [0.3, 0.4) is 0 Å². The minimum Gasteiger partial charge on any atom is -0.300 e. The van der Waals surface area contributed by atoms with Crippen molar-refractivity contribution in [3.63, 3.8) is 0 Å². The van der Waals surface area contributed by atoms with Gasteiger partial charge in [-0.05, 0) is 81.0 Å². The van der Waals surface area contributed by atoms with Crippen molar-refractivity contribution in [2.24, 2.45) is 17.8 Å². The fourth-order valence-electron chi connectivity index (χ4n) is 5.16. The smallest absolute Gasteiger partial charge is 0.163 e. The highest BCUT2D eigenvalue weighted by Crippen LogP contribution is 2.38. The molecule has 3 heteroatoms.